The van der Waals surface area contributed by atoms with Crippen molar-refractivity contribution in [1.29, 1.82) is 0 Å². The first-order chi connectivity index (χ1) is 15.3. The van der Waals surface area contributed by atoms with Gasteiger partial charge in [0.1, 0.15) is 0 Å². The summed E-state index contributed by atoms with van der Waals surface area (Å²) in [6.45, 7) is 1.91. The van der Waals surface area contributed by atoms with Crippen molar-refractivity contribution in [1.82, 2.24) is 16.2 Å². The van der Waals surface area contributed by atoms with Gasteiger partial charge in [-0.15, -0.1) is 0 Å². The Morgan fingerprint density at radius 3 is 2.06 bits per heavy atom. The summed E-state index contributed by atoms with van der Waals surface area (Å²) in [5.41, 5.74) is 7.60. The maximum Gasteiger partial charge on any atom is 0.269 e. The lowest BCUT2D eigenvalue weighted by atomic mass is 10.1. The van der Waals surface area contributed by atoms with Crippen LogP contribution in [0.4, 0.5) is 5.69 Å². The molecule has 0 aliphatic rings. The number of amides is 3. The normalized spacial score (nSPS) is 10.1. The third-order valence-corrected chi connectivity index (χ3v) is 4.73. The molecule has 0 heterocycles. The third kappa shape index (κ3) is 6.37. The first-order valence-corrected chi connectivity index (χ1v) is 10.3. The van der Waals surface area contributed by atoms with Crippen molar-refractivity contribution in [2.45, 2.75) is 6.92 Å². The van der Waals surface area contributed by atoms with Crippen LogP contribution in [-0.2, 0) is 0 Å². The summed E-state index contributed by atoms with van der Waals surface area (Å²) in [6, 6.07) is 19.9. The van der Waals surface area contributed by atoms with E-state index in [1.54, 1.807) is 54.6 Å². The molecule has 3 rings (SSSR count). The zero-order valence-electron chi connectivity index (χ0n) is 16.9. The Kier molecular flexibility index (Phi) is 7.54. The molecule has 32 heavy (non-hydrogen) atoms. The van der Waals surface area contributed by atoms with Crippen LogP contribution in [-0.4, -0.2) is 22.8 Å². The molecule has 0 bridgehead atoms. The van der Waals surface area contributed by atoms with E-state index in [-0.39, 0.29) is 11.0 Å². The molecule has 0 atom stereocenters. The van der Waals surface area contributed by atoms with Gasteiger partial charge in [0.05, 0.1) is 0 Å². The van der Waals surface area contributed by atoms with E-state index in [1.165, 1.54) is 6.07 Å². The van der Waals surface area contributed by atoms with Crippen LogP contribution in [0, 0.1) is 6.92 Å². The van der Waals surface area contributed by atoms with Crippen LogP contribution in [0.2, 0.25) is 5.02 Å². The zero-order valence-corrected chi connectivity index (χ0v) is 18.5. The Balaban J connectivity index is 1.50. The van der Waals surface area contributed by atoms with Gasteiger partial charge in [-0.2, -0.15) is 0 Å². The number of hydrogen-bond donors (Lipinski definition) is 4. The first-order valence-electron chi connectivity index (χ1n) is 9.47. The molecule has 0 spiro atoms. The molecule has 9 heteroatoms. The van der Waals surface area contributed by atoms with Gasteiger partial charge in [0.25, 0.3) is 17.7 Å². The topological polar surface area (TPSA) is 99.3 Å². The lowest BCUT2D eigenvalue weighted by molar-refractivity contribution is 0.0934. The minimum absolute atomic E-state index is 0.0784. The number of halogens is 1. The molecule has 0 aromatic heterocycles. The van der Waals surface area contributed by atoms with E-state index in [9.17, 15) is 14.4 Å². The smallest absolute Gasteiger partial charge is 0.269 e. The van der Waals surface area contributed by atoms with Crippen LogP contribution in [0.15, 0.2) is 72.8 Å². The predicted molar refractivity (Wildman–Crippen MR) is 128 cm³/mol. The van der Waals surface area contributed by atoms with Crippen LogP contribution in [0.25, 0.3) is 0 Å². The fourth-order valence-corrected chi connectivity index (χ4v) is 3.05. The third-order valence-electron chi connectivity index (χ3n) is 4.29. The number of anilines is 1. The van der Waals surface area contributed by atoms with E-state index < -0.39 is 11.8 Å². The maximum absolute atomic E-state index is 12.3. The molecule has 162 valence electrons. The van der Waals surface area contributed by atoms with E-state index >= 15 is 0 Å². The highest BCUT2D eigenvalue weighted by Gasteiger charge is 2.11. The molecule has 0 fully saturated rings. The Bertz CT molecular complexity index is 1180. The fourth-order valence-electron chi connectivity index (χ4n) is 2.72. The van der Waals surface area contributed by atoms with Gasteiger partial charge in [-0.3, -0.25) is 30.6 Å². The summed E-state index contributed by atoms with van der Waals surface area (Å²) in [4.78, 5) is 36.7. The zero-order chi connectivity index (χ0) is 23.1. The Morgan fingerprint density at radius 1 is 0.750 bits per heavy atom. The van der Waals surface area contributed by atoms with Gasteiger partial charge >= 0.3 is 0 Å². The summed E-state index contributed by atoms with van der Waals surface area (Å²) < 4.78 is 0. The lowest BCUT2D eigenvalue weighted by Crippen LogP contribution is -2.48. The summed E-state index contributed by atoms with van der Waals surface area (Å²) in [6.07, 6.45) is 0. The molecule has 3 aromatic rings. The largest absolute Gasteiger partial charge is 0.322 e. The molecule has 0 unspecified atom stereocenters. The molecule has 0 radical (unpaired) electrons. The van der Waals surface area contributed by atoms with Crippen molar-refractivity contribution in [3.05, 3.63) is 100 Å². The lowest BCUT2D eigenvalue weighted by Gasteiger charge is -2.11. The molecule has 0 saturated carbocycles. The molecular formula is C23H19ClN4O3S. The van der Waals surface area contributed by atoms with Gasteiger partial charge < -0.3 is 5.32 Å². The van der Waals surface area contributed by atoms with Crippen LogP contribution in [0.3, 0.4) is 0 Å². The van der Waals surface area contributed by atoms with Gasteiger partial charge in [-0.05, 0) is 73.7 Å². The minimum Gasteiger partial charge on any atom is -0.322 e. The number of rotatable bonds is 4. The highest BCUT2D eigenvalue weighted by atomic mass is 35.5. The predicted octanol–water partition coefficient (Wildman–Crippen LogP) is 3.85. The average Bonchev–Trinajstić information content (AvgIpc) is 2.78. The highest BCUT2D eigenvalue weighted by molar-refractivity contribution is 7.80. The SMILES string of the molecule is Cc1cccc(C(=O)Nc2ccc(C(=O)NNC(=S)NC(=O)c3cccc(Cl)c3)cc2)c1. The van der Waals surface area contributed by atoms with Crippen LogP contribution >= 0.6 is 23.8 Å². The average molecular weight is 467 g/mol. The van der Waals surface area contributed by atoms with Gasteiger partial charge in [-0.1, -0.05) is 35.4 Å². The van der Waals surface area contributed by atoms with Gasteiger partial charge in [0, 0.05) is 27.4 Å². The second-order valence-corrected chi connectivity index (χ2v) is 7.62. The monoisotopic (exact) mass is 466 g/mol. The number of nitrogens with one attached hydrogen (secondary N) is 4. The van der Waals surface area contributed by atoms with Gasteiger partial charge in [-0.25, -0.2) is 0 Å². The summed E-state index contributed by atoms with van der Waals surface area (Å²) in [5, 5.41) is 5.56. The van der Waals surface area contributed by atoms with Crippen LogP contribution in [0.5, 0.6) is 0 Å². The molecule has 3 aromatic carbocycles. The van der Waals surface area contributed by atoms with Gasteiger partial charge in [0.15, 0.2) is 5.11 Å². The van der Waals surface area contributed by atoms with E-state index in [1.807, 2.05) is 19.1 Å². The van der Waals surface area contributed by atoms with E-state index in [2.05, 4.69) is 21.5 Å². The van der Waals surface area contributed by atoms with Crippen LogP contribution < -0.4 is 21.5 Å². The fraction of sp³-hybridized carbons (Fsp3) is 0.0435. The summed E-state index contributed by atoms with van der Waals surface area (Å²) in [5.74, 6) is -1.18. The highest BCUT2D eigenvalue weighted by Crippen LogP contribution is 2.13. The Hall–Kier alpha value is -3.75. The Labute approximate surface area is 195 Å². The van der Waals surface area contributed by atoms with Crippen molar-refractivity contribution in [2.24, 2.45) is 0 Å². The quantitative estimate of drug-likeness (QED) is 0.346. The summed E-state index contributed by atoms with van der Waals surface area (Å²) >= 11 is 10.9. The second-order valence-electron chi connectivity index (χ2n) is 6.77. The van der Waals surface area contributed by atoms with E-state index in [0.29, 0.717) is 27.4 Å². The van der Waals surface area contributed by atoms with Crippen molar-refractivity contribution >= 4 is 52.3 Å². The number of aryl methyl sites for hydroxylation is 1. The number of thiocarbonyl (C=S) groups is 1. The van der Waals surface area contributed by atoms with Crippen LogP contribution in [0.1, 0.15) is 36.6 Å². The number of hydrogen-bond acceptors (Lipinski definition) is 4. The molecule has 4 N–H and O–H groups in total. The molecule has 3 amide bonds. The van der Waals surface area contributed by atoms with Crippen molar-refractivity contribution < 1.29 is 14.4 Å². The Morgan fingerprint density at radius 2 is 1.41 bits per heavy atom. The van der Waals surface area contributed by atoms with Crippen molar-refractivity contribution in [3.63, 3.8) is 0 Å². The standard InChI is InChI=1S/C23H19ClN4O3S/c1-14-4-2-5-16(12-14)20(29)25-19-10-8-15(9-11-19)22(31)27-28-23(32)26-21(30)17-6-3-7-18(24)13-17/h2-13H,1H3,(H,25,29)(H,27,31)(H2,26,28,30,32). The van der Waals surface area contributed by atoms with E-state index in [0.717, 1.165) is 5.56 Å². The molecule has 0 aliphatic heterocycles. The minimum atomic E-state index is -0.471. The van der Waals surface area contributed by atoms with E-state index in [4.69, 9.17) is 23.8 Å². The number of carbonyl (C=O) groups is 3. The van der Waals surface area contributed by atoms with Crippen molar-refractivity contribution in [2.75, 3.05) is 5.32 Å². The number of benzene rings is 3. The van der Waals surface area contributed by atoms with Gasteiger partial charge in [0.2, 0.25) is 0 Å². The molecular weight excluding hydrogens is 448 g/mol. The number of carbonyl (C=O) groups excluding carboxylic acids is 3. The number of hydrazine groups is 1. The summed E-state index contributed by atoms with van der Waals surface area (Å²) in [7, 11) is 0. The molecule has 0 aliphatic carbocycles. The first kappa shape index (κ1) is 22.9. The molecule has 0 saturated heterocycles. The second kappa shape index (κ2) is 10.5. The van der Waals surface area contributed by atoms with Crippen molar-refractivity contribution in [3.8, 4) is 0 Å². The molecule has 7 nitrogen and oxygen atoms in total. The maximum atomic E-state index is 12.3.